The van der Waals surface area contributed by atoms with E-state index in [1.165, 1.54) is 0 Å². The minimum atomic E-state index is 1.01. The zero-order chi connectivity index (χ0) is 4.83. The molecule has 0 aliphatic carbocycles. The van der Waals surface area contributed by atoms with Crippen molar-refractivity contribution >= 4 is 15.9 Å². The van der Waals surface area contributed by atoms with Crippen LogP contribution < -0.4 is 0 Å². The second-order valence-electron chi connectivity index (χ2n) is 1.04. The molecule has 0 aliphatic heterocycles. The predicted octanol–water partition coefficient (Wildman–Crippen LogP) is 2.15. The molecule has 6 heavy (non-hydrogen) atoms. The Labute approximate surface area is 47.4 Å². The summed E-state index contributed by atoms with van der Waals surface area (Å²) in [5, 5.41) is 1.06. The third kappa shape index (κ3) is 4.22. The molecule has 0 amide bonds. The number of rotatable bonds is 3. The SMILES string of the molecule is C=[C]CCCBr. The van der Waals surface area contributed by atoms with Crippen molar-refractivity contribution in [2.24, 2.45) is 0 Å². The average Bonchev–Trinajstić information content (AvgIpc) is 1.61. The zero-order valence-electron chi connectivity index (χ0n) is 3.71. The molecule has 1 heteroatoms. The van der Waals surface area contributed by atoms with Crippen LogP contribution in [0.1, 0.15) is 12.8 Å². The Bertz CT molecular complexity index is 32.9. The highest BCUT2D eigenvalue weighted by Crippen LogP contribution is 1.91. The van der Waals surface area contributed by atoms with Crippen LogP contribution >= 0.6 is 15.9 Å². The molecule has 0 unspecified atom stereocenters. The van der Waals surface area contributed by atoms with Gasteiger partial charge < -0.3 is 0 Å². The normalized spacial score (nSPS) is 8.17. The van der Waals surface area contributed by atoms with Gasteiger partial charge in [0.1, 0.15) is 0 Å². The van der Waals surface area contributed by atoms with Crippen molar-refractivity contribution in [1.29, 1.82) is 0 Å². The van der Waals surface area contributed by atoms with Gasteiger partial charge in [0.25, 0.3) is 0 Å². The fourth-order valence-corrected chi connectivity index (χ4v) is 0.472. The van der Waals surface area contributed by atoms with Gasteiger partial charge in [0.15, 0.2) is 0 Å². The van der Waals surface area contributed by atoms with Crippen LogP contribution in [0.15, 0.2) is 6.58 Å². The van der Waals surface area contributed by atoms with Gasteiger partial charge in [-0.1, -0.05) is 28.6 Å². The zero-order valence-corrected chi connectivity index (χ0v) is 5.29. The second-order valence-corrected chi connectivity index (χ2v) is 1.84. The van der Waals surface area contributed by atoms with Gasteiger partial charge in [-0.05, 0) is 12.8 Å². The largest absolute Gasteiger partial charge is 0.0956 e. The van der Waals surface area contributed by atoms with Crippen LogP contribution in [-0.2, 0) is 0 Å². The molecule has 0 heterocycles. The van der Waals surface area contributed by atoms with Crippen LogP contribution in [0.5, 0.6) is 0 Å². The lowest BCUT2D eigenvalue weighted by Crippen LogP contribution is -1.67. The van der Waals surface area contributed by atoms with Crippen molar-refractivity contribution in [2.75, 3.05) is 5.33 Å². The molecule has 0 rings (SSSR count). The quantitative estimate of drug-likeness (QED) is 0.425. The summed E-state index contributed by atoms with van der Waals surface area (Å²) >= 11 is 3.28. The summed E-state index contributed by atoms with van der Waals surface area (Å²) in [6, 6.07) is 0. The van der Waals surface area contributed by atoms with E-state index in [0.717, 1.165) is 18.2 Å². The topological polar surface area (TPSA) is 0 Å². The Morgan fingerprint density at radius 3 is 2.50 bits per heavy atom. The first-order valence-corrected chi connectivity index (χ1v) is 3.10. The summed E-state index contributed by atoms with van der Waals surface area (Å²) in [5.74, 6) is 0. The van der Waals surface area contributed by atoms with Crippen molar-refractivity contribution in [3.05, 3.63) is 12.7 Å². The van der Waals surface area contributed by atoms with Crippen LogP contribution in [0.4, 0.5) is 0 Å². The van der Waals surface area contributed by atoms with E-state index < -0.39 is 0 Å². The van der Waals surface area contributed by atoms with Crippen LogP contribution in [0.2, 0.25) is 0 Å². The number of unbranched alkanes of at least 4 members (excludes halogenated alkanes) is 1. The van der Waals surface area contributed by atoms with E-state index in [1.54, 1.807) is 0 Å². The molecule has 0 aliphatic rings. The minimum absolute atomic E-state index is 1.01. The van der Waals surface area contributed by atoms with Crippen LogP contribution in [0.3, 0.4) is 0 Å². The Morgan fingerprint density at radius 2 is 2.33 bits per heavy atom. The van der Waals surface area contributed by atoms with E-state index in [9.17, 15) is 0 Å². The lowest BCUT2D eigenvalue weighted by molar-refractivity contribution is 0.962. The summed E-state index contributed by atoms with van der Waals surface area (Å²) in [6.07, 6.45) is 4.95. The second kappa shape index (κ2) is 5.22. The lowest BCUT2D eigenvalue weighted by Gasteiger charge is -1.79. The third-order valence-electron chi connectivity index (χ3n) is 0.487. The number of hydrogen-bond acceptors (Lipinski definition) is 0. The minimum Gasteiger partial charge on any atom is -0.0956 e. The number of alkyl halides is 1. The highest BCUT2D eigenvalue weighted by Gasteiger charge is 1.73. The van der Waals surface area contributed by atoms with Crippen LogP contribution in [0, 0.1) is 6.08 Å². The lowest BCUT2D eigenvalue weighted by atomic mass is 10.3. The first-order chi connectivity index (χ1) is 2.91. The molecule has 0 fully saturated rings. The molecule has 35 valence electrons. The van der Waals surface area contributed by atoms with Gasteiger partial charge in [-0.15, -0.1) is 0 Å². The van der Waals surface area contributed by atoms with Crippen molar-refractivity contribution in [3.63, 3.8) is 0 Å². The number of allylic oxidation sites excluding steroid dienone is 1. The monoisotopic (exact) mass is 147 g/mol. The van der Waals surface area contributed by atoms with Crippen molar-refractivity contribution in [2.45, 2.75) is 12.8 Å². The van der Waals surface area contributed by atoms with E-state index in [4.69, 9.17) is 0 Å². The summed E-state index contributed by atoms with van der Waals surface area (Å²) in [5.41, 5.74) is 0. The van der Waals surface area contributed by atoms with Gasteiger partial charge in [-0.3, -0.25) is 0 Å². The molecule has 0 saturated carbocycles. The van der Waals surface area contributed by atoms with Gasteiger partial charge in [0.05, 0.1) is 0 Å². The fourth-order valence-electron chi connectivity index (χ4n) is 0.192. The maximum absolute atomic E-state index is 3.45. The van der Waals surface area contributed by atoms with Crippen LogP contribution in [0.25, 0.3) is 0 Å². The standard InChI is InChI=1S/C5H8Br/c1-2-3-4-5-6/h1,3-5H2. The number of halogens is 1. The van der Waals surface area contributed by atoms with Gasteiger partial charge in [-0.25, -0.2) is 0 Å². The maximum Gasteiger partial charge on any atom is 0.00344 e. The molecule has 1 radical (unpaired) electrons. The molecule has 0 N–H and O–H groups in total. The van der Waals surface area contributed by atoms with Gasteiger partial charge in [0, 0.05) is 5.33 Å². The summed E-state index contributed by atoms with van der Waals surface area (Å²) in [4.78, 5) is 0. The molecular weight excluding hydrogens is 140 g/mol. The molecule has 0 aromatic carbocycles. The first kappa shape index (κ1) is 6.22. The summed E-state index contributed by atoms with van der Waals surface area (Å²) in [7, 11) is 0. The molecule has 0 atom stereocenters. The molecular formula is C5H8Br. The van der Waals surface area contributed by atoms with Gasteiger partial charge in [0.2, 0.25) is 0 Å². The average molecular weight is 148 g/mol. The fraction of sp³-hybridized carbons (Fsp3) is 0.600. The molecule has 0 spiro atoms. The van der Waals surface area contributed by atoms with Crippen LogP contribution in [-0.4, -0.2) is 5.33 Å². The molecule has 0 saturated heterocycles. The Hall–Kier alpha value is 0.220. The highest BCUT2D eigenvalue weighted by atomic mass is 79.9. The highest BCUT2D eigenvalue weighted by molar-refractivity contribution is 9.09. The number of hydrogen-bond donors (Lipinski definition) is 0. The Kier molecular flexibility index (Phi) is 5.41. The van der Waals surface area contributed by atoms with Gasteiger partial charge >= 0.3 is 0 Å². The molecule has 0 bridgehead atoms. The third-order valence-corrected chi connectivity index (χ3v) is 1.05. The molecule has 0 nitrogen and oxygen atoms in total. The van der Waals surface area contributed by atoms with E-state index in [0.29, 0.717) is 0 Å². The Morgan fingerprint density at radius 1 is 1.67 bits per heavy atom. The van der Waals surface area contributed by atoms with Gasteiger partial charge in [-0.2, -0.15) is 0 Å². The van der Waals surface area contributed by atoms with E-state index in [-0.39, 0.29) is 0 Å². The van der Waals surface area contributed by atoms with Crippen molar-refractivity contribution in [1.82, 2.24) is 0 Å². The summed E-state index contributed by atoms with van der Waals surface area (Å²) < 4.78 is 0. The smallest absolute Gasteiger partial charge is 0.00344 e. The summed E-state index contributed by atoms with van der Waals surface area (Å²) in [6.45, 7) is 3.45. The van der Waals surface area contributed by atoms with Crippen molar-refractivity contribution < 1.29 is 0 Å². The predicted molar refractivity (Wildman–Crippen MR) is 31.9 cm³/mol. The van der Waals surface area contributed by atoms with Crippen molar-refractivity contribution in [3.8, 4) is 0 Å². The maximum atomic E-state index is 3.45. The Balaban J connectivity index is 2.49. The molecule has 0 aromatic heterocycles. The van der Waals surface area contributed by atoms with E-state index in [2.05, 4.69) is 28.6 Å². The van der Waals surface area contributed by atoms with E-state index >= 15 is 0 Å². The molecule has 0 aromatic rings. The van der Waals surface area contributed by atoms with E-state index in [1.807, 2.05) is 0 Å². The first-order valence-electron chi connectivity index (χ1n) is 1.97.